The van der Waals surface area contributed by atoms with Gasteiger partial charge >= 0.3 is 17.9 Å². The summed E-state index contributed by atoms with van der Waals surface area (Å²) in [5, 5.41) is 0. The number of hydrogen-bond donors (Lipinski definition) is 0. The van der Waals surface area contributed by atoms with Gasteiger partial charge in [0, 0.05) is 16.7 Å². The van der Waals surface area contributed by atoms with Crippen molar-refractivity contribution in [1.82, 2.24) is 0 Å². The predicted octanol–water partition coefficient (Wildman–Crippen LogP) is 3.52. The van der Waals surface area contributed by atoms with Gasteiger partial charge in [0.15, 0.2) is 0 Å². The van der Waals surface area contributed by atoms with Crippen LogP contribution in [0.4, 0.5) is 0 Å². The lowest BCUT2D eigenvalue weighted by Crippen LogP contribution is -2.39. The van der Waals surface area contributed by atoms with E-state index in [9.17, 15) is 14.4 Å². The van der Waals surface area contributed by atoms with E-state index < -0.39 is 23.3 Å². The molecule has 0 rings (SSSR count). The van der Waals surface area contributed by atoms with E-state index in [1.807, 2.05) is 6.92 Å². The maximum Gasteiger partial charge on any atom is 0.333 e. The van der Waals surface area contributed by atoms with Crippen molar-refractivity contribution in [2.24, 2.45) is 5.41 Å². The molecule has 0 aliphatic carbocycles. The molecule has 26 heavy (non-hydrogen) atoms. The van der Waals surface area contributed by atoms with E-state index in [1.165, 1.54) is 20.8 Å². The molecule has 0 aliphatic rings. The first-order valence-corrected chi connectivity index (χ1v) is 8.52. The lowest BCUT2D eigenvalue weighted by molar-refractivity contribution is -0.157. The van der Waals surface area contributed by atoms with Crippen LogP contribution in [-0.2, 0) is 28.6 Å². The van der Waals surface area contributed by atoms with Gasteiger partial charge in [0.1, 0.15) is 19.8 Å². The summed E-state index contributed by atoms with van der Waals surface area (Å²) < 4.78 is 15.9. The molecule has 0 bridgehead atoms. The summed E-state index contributed by atoms with van der Waals surface area (Å²) >= 11 is 0. The van der Waals surface area contributed by atoms with Gasteiger partial charge in [-0.05, 0) is 27.2 Å². The van der Waals surface area contributed by atoms with Gasteiger partial charge in [-0.3, -0.25) is 0 Å². The lowest BCUT2D eigenvalue weighted by atomic mass is 9.85. The summed E-state index contributed by atoms with van der Waals surface area (Å²) in [5.41, 5.74) is -0.0797. The van der Waals surface area contributed by atoms with Crippen LogP contribution < -0.4 is 0 Å². The van der Waals surface area contributed by atoms with Crippen LogP contribution in [0.15, 0.2) is 36.5 Å². The first kappa shape index (κ1) is 23.6. The number of ether oxygens (including phenoxy) is 3. The average molecular weight is 366 g/mol. The number of carbonyl (C=O) groups excluding carboxylic acids is 3. The zero-order valence-corrected chi connectivity index (χ0v) is 16.3. The minimum atomic E-state index is -0.850. The number of hydrogen-bond acceptors (Lipinski definition) is 6. The van der Waals surface area contributed by atoms with Crippen LogP contribution in [0.3, 0.4) is 0 Å². The van der Waals surface area contributed by atoms with Gasteiger partial charge < -0.3 is 14.2 Å². The summed E-state index contributed by atoms with van der Waals surface area (Å²) in [6.45, 7) is 17.1. The minimum Gasteiger partial charge on any atom is -0.461 e. The van der Waals surface area contributed by atoms with Crippen molar-refractivity contribution in [3.63, 3.8) is 0 Å². The van der Waals surface area contributed by atoms with Crippen molar-refractivity contribution < 1.29 is 28.6 Å². The molecule has 0 saturated heterocycles. The topological polar surface area (TPSA) is 78.9 Å². The van der Waals surface area contributed by atoms with E-state index in [4.69, 9.17) is 14.2 Å². The Morgan fingerprint density at radius 2 is 1.04 bits per heavy atom. The van der Waals surface area contributed by atoms with Crippen LogP contribution in [-0.4, -0.2) is 37.7 Å². The fourth-order valence-electron chi connectivity index (χ4n) is 1.92. The number of rotatable bonds is 12. The molecule has 0 amide bonds. The van der Waals surface area contributed by atoms with Gasteiger partial charge in [0.25, 0.3) is 0 Å². The maximum absolute atomic E-state index is 11.8. The second kappa shape index (κ2) is 11.3. The quantitative estimate of drug-likeness (QED) is 0.299. The Balaban J connectivity index is 5.37. The van der Waals surface area contributed by atoms with E-state index in [0.717, 1.165) is 12.8 Å². The lowest BCUT2D eigenvalue weighted by Gasteiger charge is -2.32. The Kier molecular flexibility index (Phi) is 10.3. The second-order valence-corrected chi connectivity index (χ2v) is 6.67. The molecule has 0 aromatic carbocycles. The summed E-state index contributed by atoms with van der Waals surface area (Å²) in [5.74, 6) is -1.66. The zero-order chi connectivity index (χ0) is 20.3. The Hall–Kier alpha value is -2.37. The van der Waals surface area contributed by atoms with Crippen molar-refractivity contribution in [2.75, 3.05) is 19.8 Å². The van der Waals surface area contributed by atoms with Gasteiger partial charge in [0.2, 0.25) is 0 Å². The van der Waals surface area contributed by atoms with E-state index in [1.54, 1.807) is 0 Å². The Morgan fingerprint density at radius 3 is 1.27 bits per heavy atom. The molecular formula is C20H30O6. The van der Waals surface area contributed by atoms with E-state index >= 15 is 0 Å². The molecule has 0 saturated carbocycles. The molecule has 0 spiro atoms. The molecule has 0 N–H and O–H groups in total. The number of unbranched alkanes of at least 4 members (excludes halogenated alkanes) is 1. The normalized spacial score (nSPS) is 10.6. The summed E-state index contributed by atoms with van der Waals surface area (Å²) in [6, 6.07) is 0. The molecule has 146 valence electrons. The molecule has 0 aromatic rings. The monoisotopic (exact) mass is 366 g/mol. The third kappa shape index (κ3) is 8.65. The third-order valence-electron chi connectivity index (χ3n) is 3.63. The first-order chi connectivity index (χ1) is 12.0. The van der Waals surface area contributed by atoms with Gasteiger partial charge in [-0.25, -0.2) is 14.4 Å². The summed E-state index contributed by atoms with van der Waals surface area (Å²) in [6.07, 6.45) is 2.19. The molecule has 6 heteroatoms. The average Bonchev–Trinajstić information content (AvgIpc) is 2.59. The number of esters is 3. The van der Waals surface area contributed by atoms with Crippen LogP contribution in [0.25, 0.3) is 0 Å². The highest BCUT2D eigenvalue weighted by Gasteiger charge is 2.35. The summed E-state index contributed by atoms with van der Waals surface area (Å²) in [7, 11) is 0. The van der Waals surface area contributed by atoms with Crippen LogP contribution in [0.1, 0.15) is 47.0 Å². The standard InChI is InChI=1S/C20H30O6/c1-8-9-10-20(11-24-17(21)14(2)3,12-25-18(22)15(4)5)13-26-19(23)16(6)7/h2,4,6,8-13H2,1,3,5,7H3. The fourth-order valence-corrected chi connectivity index (χ4v) is 1.92. The Bertz CT molecular complexity index is 499. The van der Waals surface area contributed by atoms with E-state index in [0.29, 0.717) is 6.42 Å². The highest BCUT2D eigenvalue weighted by Crippen LogP contribution is 2.28. The van der Waals surface area contributed by atoms with Crippen molar-refractivity contribution in [3.05, 3.63) is 36.5 Å². The zero-order valence-electron chi connectivity index (χ0n) is 16.3. The van der Waals surface area contributed by atoms with Crippen LogP contribution in [0, 0.1) is 5.41 Å². The Morgan fingerprint density at radius 1 is 0.731 bits per heavy atom. The van der Waals surface area contributed by atoms with Crippen LogP contribution in [0.5, 0.6) is 0 Å². The highest BCUT2D eigenvalue weighted by molar-refractivity contribution is 5.88. The van der Waals surface area contributed by atoms with Crippen LogP contribution in [0.2, 0.25) is 0 Å². The molecule has 0 aliphatic heterocycles. The SMILES string of the molecule is C=C(C)C(=O)OCC(CCCC)(COC(=O)C(=C)C)COC(=O)C(=C)C. The van der Waals surface area contributed by atoms with E-state index in [-0.39, 0.29) is 36.5 Å². The molecule has 0 unspecified atom stereocenters. The van der Waals surface area contributed by atoms with Crippen molar-refractivity contribution in [2.45, 2.75) is 47.0 Å². The largest absolute Gasteiger partial charge is 0.461 e. The molecular weight excluding hydrogens is 336 g/mol. The van der Waals surface area contributed by atoms with Crippen molar-refractivity contribution in [1.29, 1.82) is 0 Å². The smallest absolute Gasteiger partial charge is 0.333 e. The van der Waals surface area contributed by atoms with Gasteiger partial charge in [0.05, 0.1) is 5.41 Å². The molecule has 0 radical (unpaired) electrons. The molecule has 6 nitrogen and oxygen atoms in total. The molecule has 0 aromatic heterocycles. The molecule has 0 atom stereocenters. The molecule has 0 fully saturated rings. The maximum atomic E-state index is 11.8. The van der Waals surface area contributed by atoms with E-state index in [2.05, 4.69) is 19.7 Å². The van der Waals surface area contributed by atoms with Gasteiger partial charge in [-0.1, -0.05) is 39.5 Å². The van der Waals surface area contributed by atoms with Crippen LogP contribution >= 0.6 is 0 Å². The first-order valence-electron chi connectivity index (χ1n) is 8.52. The fraction of sp³-hybridized carbons (Fsp3) is 0.550. The minimum absolute atomic E-state index is 0.0639. The van der Waals surface area contributed by atoms with Gasteiger partial charge in [-0.15, -0.1) is 0 Å². The molecule has 0 heterocycles. The second-order valence-electron chi connectivity index (χ2n) is 6.67. The van der Waals surface area contributed by atoms with Gasteiger partial charge in [-0.2, -0.15) is 0 Å². The number of carbonyl (C=O) groups is 3. The Labute approximate surface area is 155 Å². The predicted molar refractivity (Wildman–Crippen MR) is 99.3 cm³/mol. The summed E-state index contributed by atoms with van der Waals surface area (Å²) in [4.78, 5) is 35.4. The van der Waals surface area contributed by atoms with Crippen molar-refractivity contribution >= 4 is 17.9 Å². The van der Waals surface area contributed by atoms with Crippen molar-refractivity contribution in [3.8, 4) is 0 Å². The highest BCUT2D eigenvalue weighted by atomic mass is 16.6. The third-order valence-corrected chi connectivity index (χ3v) is 3.63.